The zero-order valence-electron chi connectivity index (χ0n) is 23.3. The van der Waals surface area contributed by atoms with E-state index in [0.717, 1.165) is 19.3 Å². The molecule has 1 unspecified atom stereocenters. The van der Waals surface area contributed by atoms with E-state index < -0.39 is 21.7 Å². The minimum absolute atomic E-state index is 0.00203. The molecule has 0 aliphatic carbocycles. The lowest BCUT2D eigenvalue weighted by atomic mass is 9.79. The first-order valence-electron chi connectivity index (χ1n) is 13.4. The molecule has 1 amide bonds. The van der Waals surface area contributed by atoms with Crippen molar-refractivity contribution in [2.45, 2.75) is 52.0 Å². The van der Waals surface area contributed by atoms with Crippen LogP contribution in [-0.2, 0) is 10.0 Å². The highest BCUT2D eigenvalue weighted by Gasteiger charge is 2.33. The van der Waals surface area contributed by atoms with Crippen LogP contribution >= 0.6 is 0 Å². The molecule has 0 bridgehead atoms. The molecule has 3 heterocycles. The minimum atomic E-state index is -4.30. The van der Waals surface area contributed by atoms with Gasteiger partial charge in [0.25, 0.3) is 15.9 Å². The third-order valence-electron chi connectivity index (χ3n) is 7.05. The molecule has 40 heavy (non-hydrogen) atoms. The van der Waals surface area contributed by atoms with Crippen molar-refractivity contribution in [3.8, 4) is 17.0 Å². The second-order valence-corrected chi connectivity index (χ2v) is 12.6. The summed E-state index contributed by atoms with van der Waals surface area (Å²) >= 11 is 0. The Morgan fingerprint density at radius 2 is 1.98 bits per heavy atom. The Balaban J connectivity index is 1.75. The number of nitrogens with one attached hydrogen (secondary N) is 1. The summed E-state index contributed by atoms with van der Waals surface area (Å²) in [5.41, 5.74) is 6.65. The molecule has 0 radical (unpaired) electrons. The lowest BCUT2D eigenvalue weighted by Gasteiger charge is -2.41. The number of carbonyl (C=O) groups is 1. The molecular weight excluding hydrogens is 533 g/mol. The van der Waals surface area contributed by atoms with Gasteiger partial charge >= 0.3 is 0 Å². The van der Waals surface area contributed by atoms with Crippen LogP contribution in [0.4, 0.5) is 16.0 Å². The highest BCUT2D eigenvalue weighted by molar-refractivity contribution is 7.90. The highest BCUT2D eigenvalue weighted by atomic mass is 32.2. The molecule has 1 saturated heterocycles. The Morgan fingerprint density at radius 1 is 1.20 bits per heavy atom. The largest absolute Gasteiger partial charge is 0.493 e. The number of nitrogens with two attached hydrogens (primary N) is 1. The van der Waals surface area contributed by atoms with Crippen LogP contribution in [0.5, 0.6) is 5.75 Å². The lowest BCUT2D eigenvalue weighted by Crippen LogP contribution is -2.43. The summed E-state index contributed by atoms with van der Waals surface area (Å²) in [6.07, 6.45) is 2.84. The van der Waals surface area contributed by atoms with Crippen LogP contribution in [0.1, 0.15) is 57.3 Å². The van der Waals surface area contributed by atoms with Crippen molar-refractivity contribution in [1.82, 2.24) is 14.7 Å². The van der Waals surface area contributed by atoms with Gasteiger partial charge in [-0.05, 0) is 67.0 Å². The van der Waals surface area contributed by atoms with Gasteiger partial charge in [-0.15, -0.1) is 0 Å². The molecule has 9 nitrogen and oxygen atoms in total. The molecule has 1 atom stereocenters. The SMILES string of the molecule is CCC1(C)CCCN(c2nc(-c3cc(F)cc(OCC(C)C)c3)ccc2C(=O)NS(=O)(=O)c2cccc(N)n2)C1. The van der Waals surface area contributed by atoms with E-state index in [2.05, 4.69) is 23.6 Å². The molecule has 1 aliphatic rings. The average Bonchev–Trinajstić information content (AvgIpc) is 2.91. The molecule has 0 saturated carbocycles. The lowest BCUT2D eigenvalue weighted by molar-refractivity contribution is 0.0981. The van der Waals surface area contributed by atoms with Crippen LogP contribution in [0.15, 0.2) is 53.6 Å². The molecule has 3 N–H and O–H groups in total. The fourth-order valence-corrected chi connectivity index (χ4v) is 5.62. The Labute approximate surface area is 235 Å². The average molecular weight is 570 g/mol. The molecule has 1 aromatic carbocycles. The Kier molecular flexibility index (Phi) is 8.62. The predicted octanol–water partition coefficient (Wildman–Crippen LogP) is 5.03. The quantitative estimate of drug-likeness (QED) is 0.367. The number of rotatable bonds is 9. The van der Waals surface area contributed by atoms with Crippen molar-refractivity contribution < 1.29 is 22.3 Å². The Hall–Kier alpha value is -3.73. The molecule has 1 fully saturated rings. The van der Waals surface area contributed by atoms with E-state index in [1.165, 1.54) is 36.4 Å². The highest BCUT2D eigenvalue weighted by Crippen LogP contribution is 2.36. The Morgan fingerprint density at radius 3 is 2.67 bits per heavy atom. The van der Waals surface area contributed by atoms with Crippen molar-refractivity contribution in [3.05, 3.63) is 59.9 Å². The fourth-order valence-electron chi connectivity index (χ4n) is 4.68. The number of benzene rings is 1. The van der Waals surface area contributed by atoms with Gasteiger partial charge in [-0.25, -0.2) is 19.1 Å². The fraction of sp³-hybridized carbons (Fsp3) is 0.414. The van der Waals surface area contributed by atoms with Gasteiger partial charge in [-0.3, -0.25) is 4.79 Å². The first-order chi connectivity index (χ1) is 18.9. The van der Waals surface area contributed by atoms with Gasteiger partial charge in [0.15, 0.2) is 5.03 Å². The van der Waals surface area contributed by atoms with Crippen molar-refractivity contribution in [2.24, 2.45) is 11.3 Å². The van der Waals surface area contributed by atoms with Crippen LogP contribution in [0, 0.1) is 17.2 Å². The molecular formula is C29H36FN5O4S. The number of halogens is 1. The first kappa shape index (κ1) is 29.3. The van der Waals surface area contributed by atoms with Gasteiger partial charge in [0.1, 0.15) is 23.2 Å². The molecule has 11 heteroatoms. The molecule has 1 aliphatic heterocycles. The number of carbonyl (C=O) groups excluding carboxylic acids is 1. The van der Waals surface area contributed by atoms with Gasteiger partial charge in [0, 0.05) is 24.7 Å². The maximum atomic E-state index is 14.6. The van der Waals surface area contributed by atoms with Crippen molar-refractivity contribution in [3.63, 3.8) is 0 Å². The third kappa shape index (κ3) is 6.88. The summed E-state index contributed by atoms with van der Waals surface area (Å²) in [4.78, 5) is 24.1. The van der Waals surface area contributed by atoms with Gasteiger partial charge in [0.2, 0.25) is 0 Å². The number of hydrogen-bond donors (Lipinski definition) is 2. The number of nitrogens with zero attached hydrogens (tertiary/aromatic N) is 3. The number of piperidine rings is 1. The number of amides is 1. The number of aromatic nitrogens is 2. The summed E-state index contributed by atoms with van der Waals surface area (Å²) in [7, 11) is -4.30. The van der Waals surface area contributed by atoms with E-state index in [4.69, 9.17) is 15.5 Å². The van der Waals surface area contributed by atoms with E-state index in [-0.39, 0.29) is 27.7 Å². The third-order valence-corrected chi connectivity index (χ3v) is 8.28. The predicted molar refractivity (Wildman–Crippen MR) is 153 cm³/mol. The molecule has 0 spiro atoms. The second kappa shape index (κ2) is 11.8. The van der Waals surface area contributed by atoms with E-state index >= 15 is 0 Å². The number of anilines is 2. The number of sulfonamides is 1. The number of hydrogen-bond acceptors (Lipinski definition) is 8. The second-order valence-electron chi connectivity index (χ2n) is 11.0. The maximum Gasteiger partial charge on any atom is 0.281 e. The molecule has 2 aromatic heterocycles. The normalized spacial score (nSPS) is 17.6. The molecule has 214 valence electrons. The van der Waals surface area contributed by atoms with Crippen LogP contribution in [-0.4, -0.2) is 44.0 Å². The topological polar surface area (TPSA) is 128 Å². The zero-order chi connectivity index (χ0) is 29.1. The van der Waals surface area contributed by atoms with Gasteiger partial charge in [-0.1, -0.05) is 33.8 Å². The van der Waals surface area contributed by atoms with Crippen molar-refractivity contribution >= 4 is 27.6 Å². The van der Waals surface area contributed by atoms with Gasteiger partial charge < -0.3 is 15.4 Å². The molecule has 4 rings (SSSR count). The summed E-state index contributed by atoms with van der Waals surface area (Å²) in [6, 6.07) is 11.6. The number of ether oxygens (including phenoxy) is 1. The van der Waals surface area contributed by atoms with Crippen LogP contribution in [0.3, 0.4) is 0 Å². The first-order valence-corrected chi connectivity index (χ1v) is 14.9. The van der Waals surface area contributed by atoms with Gasteiger partial charge in [0.05, 0.1) is 17.9 Å². The summed E-state index contributed by atoms with van der Waals surface area (Å²) in [5.74, 6) is -0.327. The van der Waals surface area contributed by atoms with Crippen molar-refractivity contribution in [1.29, 1.82) is 0 Å². The molecule has 3 aromatic rings. The summed E-state index contributed by atoms with van der Waals surface area (Å²) < 4.78 is 48.3. The zero-order valence-corrected chi connectivity index (χ0v) is 24.1. The number of pyridine rings is 2. The summed E-state index contributed by atoms with van der Waals surface area (Å²) in [6.45, 7) is 10.0. The van der Waals surface area contributed by atoms with Crippen LogP contribution < -0.4 is 20.1 Å². The smallest absolute Gasteiger partial charge is 0.281 e. The van der Waals surface area contributed by atoms with Crippen molar-refractivity contribution in [2.75, 3.05) is 30.3 Å². The Bertz CT molecular complexity index is 1500. The standard InChI is InChI=1S/C29H36FN5O4S/c1-5-29(4)12-7-13-35(18-29)27-23(28(36)34-40(37,38)26-9-6-8-25(31)33-26)10-11-24(32-27)20-14-21(30)16-22(15-20)39-17-19(2)3/h6,8-11,14-16,19H,5,7,12-13,17-18H2,1-4H3,(H2,31,33)(H,34,36). The van der Waals surface area contributed by atoms with E-state index in [1.54, 1.807) is 12.1 Å². The summed E-state index contributed by atoms with van der Waals surface area (Å²) in [5, 5.41) is -0.364. The minimum Gasteiger partial charge on any atom is -0.493 e. The van der Waals surface area contributed by atoms with Crippen LogP contribution in [0.25, 0.3) is 11.3 Å². The monoisotopic (exact) mass is 569 g/mol. The maximum absolute atomic E-state index is 14.6. The van der Waals surface area contributed by atoms with E-state index in [0.29, 0.717) is 42.5 Å². The van der Waals surface area contributed by atoms with Crippen LogP contribution in [0.2, 0.25) is 0 Å². The number of nitrogen functional groups attached to an aromatic ring is 1. The van der Waals surface area contributed by atoms with E-state index in [1.807, 2.05) is 18.7 Å². The van der Waals surface area contributed by atoms with E-state index in [9.17, 15) is 17.6 Å². The van der Waals surface area contributed by atoms with Gasteiger partial charge in [-0.2, -0.15) is 8.42 Å².